The minimum absolute atomic E-state index is 0.525. The summed E-state index contributed by atoms with van der Waals surface area (Å²) in [4.78, 5) is 4.36. The quantitative estimate of drug-likeness (QED) is 0.664. The molecule has 0 bridgehead atoms. The molecule has 0 aliphatic heterocycles. The molecule has 0 N–H and O–H groups in total. The fourth-order valence-electron chi connectivity index (χ4n) is 1.38. The van der Waals surface area contributed by atoms with Gasteiger partial charge in [0, 0.05) is 18.6 Å². The van der Waals surface area contributed by atoms with Crippen LogP contribution in [0.5, 0.6) is 0 Å². The maximum Gasteiger partial charge on any atom is 0.157 e. The maximum absolute atomic E-state index is 4.36. The molecule has 3 heteroatoms. The Morgan fingerprint density at radius 1 is 1.31 bits per heavy atom. The summed E-state index contributed by atoms with van der Waals surface area (Å²) in [7, 11) is 1.91. The van der Waals surface area contributed by atoms with E-state index in [0.717, 1.165) is 11.0 Å². The van der Waals surface area contributed by atoms with Crippen LogP contribution < -0.4 is 0 Å². The first kappa shape index (κ1) is 8.23. The van der Waals surface area contributed by atoms with E-state index < -0.39 is 0 Å². The van der Waals surface area contributed by atoms with E-state index in [4.69, 9.17) is 0 Å². The van der Waals surface area contributed by atoms with Crippen molar-refractivity contribution in [2.24, 2.45) is 7.05 Å². The highest BCUT2D eigenvalue weighted by atomic mass is 15.3. The molecule has 0 saturated carbocycles. The van der Waals surface area contributed by atoms with Crippen molar-refractivity contribution in [3.8, 4) is 0 Å². The van der Waals surface area contributed by atoms with Crippen molar-refractivity contribution in [3.05, 3.63) is 24.0 Å². The third-order valence-corrected chi connectivity index (χ3v) is 2.26. The molecule has 2 heterocycles. The van der Waals surface area contributed by atoms with Gasteiger partial charge in [0.2, 0.25) is 0 Å². The first-order valence-electron chi connectivity index (χ1n) is 4.46. The molecule has 0 saturated heterocycles. The summed E-state index contributed by atoms with van der Waals surface area (Å²) >= 11 is 0. The van der Waals surface area contributed by atoms with E-state index in [9.17, 15) is 0 Å². The van der Waals surface area contributed by atoms with Gasteiger partial charge in [-0.2, -0.15) is 5.10 Å². The van der Waals surface area contributed by atoms with Gasteiger partial charge in [-0.15, -0.1) is 0 Å². The Balaban J connectivity index is 2.63. The lowest BCUT2D eigenvalue weighted by molar-refractivity contribution is 0.784. The van der Waals surface area contributed by atoms with Gasteiger partial charge in [0.25, 0.3) is 0 Å². The molecule has 0 aromatic carbocycles. The fourth-order valence-corrected chi connectivity index (χ4v) is 1.38. The van der Waals surface area contributed by atoms with Crippen LogP contribution >= 0.6 is 0 Å². The fraction of sp³-hybridized carbons (Fsp3) is 0.400. The van der Waals surface area contributed by atoms with Gasteiger partial charge in [0.15, 0.2) is 5.65 Å². The molecule has 0 fully saturated rings. The largest absolute Gasteiger partial charge is 0.250 e. The lowest BCUT2D eigenvalue weighted by Crippen LogP contribution is -1.93. The highest BCUT2D eigenvalue weighted by Gasteiger charge is 2.04. The Morgan fingerprint density at radius 2 is 2.08 bits per heavy atom. The monoisotopic (exact) mass is 175 g/mol. The summed E-state index contributed by atoms with van der Waals surface area (Å²) in [6.45, 7) is 4.33. The molecule has 2 aromatic heterocycles. The van der Waals surface area contributed by atoms with Crippen molar-refractivity contribution in [3.63, 3.8) is 0 Å². The summed E-state index contributed by atoms with van der Waals surface area (Å²) in [5, 5.41) is 5.27. The lowest BCUT2D eigenvalue weighted by Gasteiger charge is -2.03. The van der Waals surface area contributed by atoms with E-state index in [0.29, 0.717) is 5.92 Å². The third-order valence-electron chi connectivity index (χ3n) is 2.26. The molecule has 0 aliphatic carbocycles. The van der Waals surface area contributed by atoms with Crippen molar-refractivity contribution in [1.82, 2.24) is 14.8 Å². The molecule has 68 valence electrons. The molecule has 2 aromatic rings. The molecular formula is C10H13N3. The molecule has 13 heavy (non-hydrogen) atoms. The van der Waals surface area contributed by atoms with Crippen LogP contribution in [-0.4, -0.2) is 14.8 Å². The van der Waals surface area contributed by atoms with E-state index in [1.807, 2.05) is 19.4 Å². The highest BCUT2D eigenvalue weighted by Crippen LogP contribution is 2.18. The number of hydrogen-bond acceptors (Lipinski definition) is 2. The van der Waals surface area contributed by atoms with Crippen molar-refractivity contribution in [2.45, 2.75) is 19.8 Å². The SMILES string of the molecule is CC(C)c1cnc2c(cnn2C)c1. The molecule has 0 unspecified atom stereocenters. The van der Waals surface area contributed by atoms with E-state index in [1.165, 1.54) is 5.56 Å². The molecule has 0 atom stereocenters. The highest BCUT2D eigenvalue weighted by molar-refractivity contribution is 5.74. The number of aromatic nitrogens is 3. The van der Waals surface area contributed by atoms with Crippen LogP contribution in [-0.2, 0) is 7.05 Å². The van der Waals surface area contributed by atoms with E-state index in [1.54, 1.807) is 4.68 Å². The maximum atomic E-state index is 4.36. The number of pyridine rings is 1. The van der Waals surface area contributed by atoms with Crippen LogP contribution in [0.2, 0.25) is 0 Å². The Morgan fingerprint density at radius 3 is 2.77 bits per heavy atom. The van der Waals surface area contributed by atoms with Crippen LogP contribution in [0.4, 0.5) is 0 Å². The lowest BCUT2D eigenvalue weighted by atomic mass is 10.1. The predicted molar refractivity (Wildman–Crippen MR) is 52.6 cm³/mol. The second-order valence-electron chi connectivity index (χ2n) is 3.60. The topological polar surface area (TPSA) is 30.7 Å². The molecule has 0 amide bonds. The van der Waals surface area contributed by atoms with E-state index in [-0.39, 0.29) is 0 Å². The molecule has 0 radical (unpaired) electrons. The van der Waals surface area contributed by atoms with E-state index >= 15 is 0 Å². The van der Waals surface area contributed by atoms with Gasteiger partial charge >= 0.3 is 0 Å². The Bertz CT molecular complexity index is 429. The number of fused-ring (bicyclic) bond motifs is 1. The van der Waals surface area contributed by atoms with Gasteiger partial charge in [0.05, 0.1) is 6.20 Å². The van der Waals surface area contributed by atoms with Crippen molar-refractivity contribution >= 4 is 11.0 Å². The first-order chi connectivity index (χ1) is 6.18. The number of rotatable bonds is 1. The van der Waals surface area contributed by atoms with Gasteiger partial charge in [0.1, 0.15) is 0 Å². The smallest absolute Gasteiger partial charge is 0.157 e. The molecule has 0 spiro atoms. The molecular weight excluding hydrogens is 162 g/mol. The minimum Gasteiger partial charge on any atom is -0.250 e. The van der Waals surface area contributed by atoms with Crippen molar-refractivity contribution in [1.29, 1.82) is 0 Å². The van der Waals surface area contributed by atoms with Gasteiger partial charge in [-0.05, 0) is 17.5 Å². The van der Waals surface area contributed by atoms with E-state index in [2.05, 4.69) is 30.0 Å². The van der Waals surface area contributed by atoms with Gasteiger partial charge in [-0.25, -0.2) is 4.98 Å². The summed E-state index contributed by atoms with van der Waals surface area (Å²) in [5.74, 6) is 0.525. The standard InChI is InChI=1S/C10H13N3/c1-7(2)8-4-9-6-12-13(3)10(9)11-5-8/h4-7H,1-3H3. The number of hydrogen-bond donors (Lipinski definition) is 0. The van der Waals surface area contributed by atoms with Gasteiger partial charge < -0.3 is 0 Å². The number of aryl methyl sites for hydroxylation is 1. The molecule has 0 aliphatic rings. The zero-order valence-corrected chi connectivity index (χ0v) is 8.15. The van der Waals surface area contributed by atoms with Crippen molar-refractivity contribution < 1.29 is 0 Å². The summed E-state index contributed by atoms with van der Waals surface area (Å²) < 4.78 is 1.79. The third kappa shape index (κ3) is 1.30. The second-order valence-corrected chi connectivity index (χ2v) is 3.60. The predicted octanol–water partition coefficient (Wildman–Crippen LogP) is 2.09. The number of nitrogens with zero attached hydrogens (tertiary/aromatic N) is 3. The van der Waals surface area contributed by atoms with Crippen LogP contribution in [0.3, 0.4) is 0 Å². The summed E-state index contributed by atoms with van der Waals surface area (Å²) in [5.41, 5.74) is 2.21. The Kier molecular flexibility index (Phi) is 1.79. The van der Waals surface area contributed by atoms with Crippen molar-refractivity contribution in [2.75, 3.05) is 0 Å². The normalized spacial score (nSPS) is 11.4. The van der Waals surface area contributed by atoms with Crippen LogP contribution in [0.1, 0.15) is 25.3 Å². The zero-order chi connectivity index (χ0) is 9.42. The molecule has 2 rings (SSSR count). The minimum atomic E-state index is 0.525. The van der Waals surface area contributed by atoms with Gasteiger partial charge in [-0.1, -0.05) is 13.8 Å². The van der Waals surface area contributed by atoms with Crippen LogP contribution in [0, 0.1) is 0 Å². The second kappa shape index (κ2) is 2.83. The Labute approximate surface area is 77.4 Å². The van der Waals surface area contributed by atoms with Crippen LogP contribution in [0.25, 0.3) is 11.0 Å². The summed E-state index contributed by atoms with van der Waals surface area (Å²) in [6.07, 6.45) is 3.78. The van der Waals surface area contributed by atoms with Crippen LogP contribution in [0.15, 0.2) is 18.5 Å². The van der Waals surface area contributed by atoms with Gasteiger partial charge in [-0.3, -0.25) is 4.68 Å². The summed E-state index contributed by atoms with van der Waals surface area (Å²) in [6, 6.07) is 2.15. The zero-order valence-electron chi connectivity index (χ0n) is 8.15. The first-order valence-corrected chi connectivity index (χ1v) is 4.46. The average Bonchev–Trinajstić information content (AvgIpc) is 2.47. The average molecular weight is 175 g/mol. The molecule has 3 nitrogen and oxygen atoms in total. The Hall–Kier alpha value is -1.38.